The minimum absolute atomic E-state index is 0.174. The van der Waals surface area contributed by atoms with Gasteiger partial charge >= 0.3 is 5.76 Å². The van der Waals surface area contributed by atoms with Crippen LogP contribution in [0.4, 0.5) is 8.78 Å². The molecule has 0 spiro atoms. The van der Waals surface area contributed by atoms with Crippen LogP contribution in [-0.4, -0.2) is 27.3 Å². The number of quaternary nitrogens is 1. The highest BCUT2D eigenvalue weighted by atomic mass is 32.2. The van der Waals surface area contributed by atoms with E-state index in [1.54, 1.807) is 0 Å². The lowest BCUT2D eigenvalue weighted by Gasteiger charge is -2.15. The Morgan fingerprint density at radius 2 is 2.00 bits per heavy atom. The van der Waals surface area contributed by atoms with Crippen LogP contribution in [0.2, 0.25) is 0 Å². The van der Waals surface area contributed by atoms with Gasteiger partial charge in [0, 0.05) is 0 Å². The standard InChI is InChI=1S/C3H7F2N2O2S/c4-3(5)10(8,9)7-2-1-6/h3H,1-2,6H2/q-1/p+1. The summed E-state index contributed by atoms with van der Waals surface area (Å²) in [6.45, 7) is 0.0264. The number of nitrogens with zero attached hydrogens (tertiary/aromatic N) is 1. The second-order valence-electron chi connectivity index (χ2n) is 1.48. The van der Waals surface area contributed by atoms with Crippen molar-refractivity contribution in [2.24, 2.45) is 0 Å². The molecule has 0 amide bonds. The van der Waals surface area contributed by atoms with E-state index in [-0.39, 0.29) is 13.1 Å². The summed E-state index contributed by atoms with van der Waals surface area (Å²) in [5.74, 6) is -3.40. The highest BCUT2D eigenvalue weighted by Gasteiger charge is 2.12. The zero-order chi connectivity index (χ0) is 8.20. The highest BCUT2D eigenvalue weighted by Crippen LogP contribution is 2.10. The molecule has 7 heteroatoms. The summed E-state index contributed by atoms with van der Waals surface area (Å²) in [7, 11) is -4.51. The minimum atomic E-state index is -4.51. The van der Waals surface area contributed by atoms with Crippen molar-refractivity contribution in [2.45, 2.75) is 5.76 Å². The van der Waals surface area contributed by atoms with E-state index in [0.717, 1.165) is 0 Å². The van der Waals surface area contributed by atoms with Gasteiger partial charge < -0.3 is 10.5 Å². The molecule has 0 aromatic rings. The van der Waals surface area contributed by atoms with Crippen LogP contribution >= 0.6 is 0 Å². The number of halogens is 2. The summed E-state index contributed by atoms with van der Waals surface area (Å²) >= 11 is 0. The molecule has 62 valence electrons. The van der Waals surface area contributed by atoms with Gasteiger partial charge in [-0.2, -0.15) is 8.78 Å². The molecule has 0 aromatic carbocycles. The summed E-state index contributed by atoms with van der Waals surface area (Å²) in [5.41, 5.74) is 3.24. The Labute approximate surface area is 57.5 Å². The van der Waals surface area contributed by atoms with E-state index in [0.29, 0.717) is 0 Å². The number of hydrogen-bond donors (Lipinski definition) is 1. The molecule has 0 aromatic heterocycles. The van der Waals surface area contributed by atoms with Crippen LogP contribution < -0.4 is 5.73 Å². The Morgan fingerprint density at radius 3 is 2.30 bits per heavy atom. The third-order valence-corrected chi connectivity index (χ3v) is 1.65. The van der Waals surface area contributed by atoms with Crippen molar-refractivity contribution in [3.63, 3.8) is 0 Å². The Balaban J connectivity index is 3.90. The number of alkyl halides is 2. The Morgan fingerprint density at radius 1 is 1.50 bits per heavy atom. The molecule has 0 saturated heterocycles. The highest BCUT2D eigenvalue weighted by molar-refractivity contribution is 7.94. The van der Waals surface area contributed by atoms with Crippen molar-refractivity contribution < 1.29 is 22.9 Å². The first-order valence-corrected chi connectivity index (χ1v) is 4.01. The van der Waals surface area contributed by atoms with E-state index in [1.807, 2.05) is 0 Å². The Kier molecular flexibility index (Phi) is 3.69. The van der Waals surface area contributed by atoms with Crippen LogP contribution in [0.3, 0.4) is 0 Å². The summed E-state index contributed by atoms with van der Waals surface area (Å²) < 4.78 is 45.9. The first kappa shape index (κ1) is 9.73. The summed E-state index contributed by atoms with van der Waals surface area (Å²) in [5, 5.41) is 0. The lowest BCUT2D eigenvalue weighted by molar-refractivity contribution is -0.362. The zero-order valence-corrected chi connectivity index (χ0v) is 5.94. The third-order valence-electron chi connectivity index (χ3n) is 0.655. The van der Waals surface area contributed by atoms with Crippen molar-refractivity contribution in [3.8, 4) is 0 Å². The normalized spacial score (nSPS) is 12.4. The van der Waals surface area contributed by atoms with Crippen molar-refractivity contribution in [3.05, 3.63) is 4.72 Å². The monoisotopic (exact) mass is 174 g/mol. The van der Waals surface area contributed by atoms with Gasteiger partial charge in [0.25, 0.3) is 0 Å². The molecule has 0 fully saturated rings. The largest absolute Gasteiger partial charge is 0.539 e. The van der Waals surface area contributed by atoms with Gasteiger partial charge in [0.15, 0.2) is 0 Å². The molecule has 3 N–H and O–H groups in total. The van der Waals surface area contributed by atoms with Crippen LogP contribution in [0.15, 0.2) is 0 Å². The fourth-order valence-corrected chi connectivity index (χ4v) is 0.744. The summed E-state index contributed by atoms with van der Waals surface area (Å²) in [6, 6.07) is 0. The Bertz CT molecular complexity index is 179. The maximum absolute atomic E-state index is 11.4. The molecule has 0 bridgehead atoms. The van der Waals surface area contributed by atoms with Crippen LogP contribution in [0.1, 0.15) is 0 Å². The lowest BCUT2D eigenvalue weighted by Crippen LogP contribution is -2.52. The molecule has 4 nitrogen and oxygen atoms in total. The molecule has 0 heterocycles. The molecular weight excluding hydrogens is 166 g/mol. The van der Waals surface area contributed by atoms with Crippen LogP contribution in [0.5, 0.6) is 0 Å². The molecule has 10 heavy (non-hydrogen) atoms. The first-order chi connectivity index (χ1) is 4.50. The maximum Gasteiger partial charge on any atom is 0.320 e. The van der Waals surface area contributed by atoms with Crippen molar-refractivity contribution in [1.29, 1.82) is 0 Å². The second kappa shape index (κ2) is 3.79. The molecule has 0 radical (unpaired) electrons. The molecule has 0 atom stereocenters. The lowest BCUT2D eigenvalue weighted by atomic mass is 10.7. The van der Waals surface area contributed by atoms with Gasteiger partial charge in [-0.3, -0.25) is 0 Å². The SMILES string of the molecule is [NH3+]CC[N-]S(=O)(=O)C(F)F. The molecular formula is C3H8F2N2O2S. The van der Waals surface area contributed by atoms with Crippen molar-refractivity contribution in [1.82, 2.24) is 0 Å². The van der Waals surface area contributed by atoms with Crippen LogP contribution in [0, 0.1) is 0 Å². The van der Waals surface area contributed by atoms with E-state index in [4.69, 9.17) is 0 Å². The third kappa shape index (κ3) is 3.04. The molecule has 0 aliphatic carbocycles. The second-order valence-corrected chi connectivity index (χ2v) is 3.13. The van der Waals surface area contributed by atoms with Gasteiger partial charge in [0.05, 0.1) is 6.54 Å². The summed E-state index contributed by atoms with van der Waals surface area (Å²) in [4.78, 5) is 0. The van der Waals surface area contributed by atoms with E-state index < -0.39 is 15.8 Å². The number of hydrogen-bond acceptors (Lipinski definition) is 2. The van der Waals surface area contributed by atoms with Crippen molar-refractivity contribution >= 4 is 10.0 Å². The minimum Gasteiger partial charge on any atom is -0.539 e. The van der Waals surface area contributed by atoms with Crippen molar-refractivity contribution in [2.75, 3.05) is 13.1 Å². The van der Waals surface area contributed by atoms with Crippen LogP contribution in [-0.2, 0) is 10.0 Å². The van der Waals surface area contributed by atoms with E-state index in [2.05, 4.69) is 10.5 Å². The van der Waals surface area contributed by atoms with Gasteiger partial charge in [0.1, 0.15) is 10.0 Å². The van der Waals surface area contributed by atoms with Gasteiger partial charge in [-0.05, 0) is 0 Å². The smallest absolute Gasteiger partial charge is 0.320 e. The Hall–Kier alpha value is -0.270. The van der Waals surface area contributed by atoms with Gasteiger partial charge in [-0.1, -0.05) is 6.54 Å². The van der Waals surface area contributed by atoms with Gasteiger partial charge in [-0.15, -0.1) is 0 Å². The van der Waals surface area contributed by atoms with Crippen LogP contribution in [0.25, 0.3) is 4.72 Å². The molecule has 0 rings (SSSR count). The fraction of sp³-hybridized carbons (Fsp3) is 1.00. The van der Waals surface area contributed by atoms with Gasteiger partial charge in [-0.25, -0.2) is 8.42 Å². The van der Waals surface area contributed by atoms with E-state index in [1.165, 1.54) is 0 Å². The predicted octanol–water partition coefficient (Wildman–Crippen LogP) is -0.846. The number of rotatable bonds is 4. The van der Waals surface area contributed by atoms with E-state index >= 15 is 0 Å². The zero-order valence-electron chi connectivity index (χ0n) is 5.13. The molecule has 0 aliphatic rings. The fourth-order valence-electron chi connectivity index (χ4n) is 0.248. The molecule has 0 aliphatic heterocycles. The predicted molar refractivity (Wildman–Crippen MR) is 30.9 cm³/mol. The number of sulfonamides is 1. The molecule has 0 unspecified atom stereocenters. The quantitative estimate of drug-likeness (QED) is 0.603. The van der Waals surface area contributed by atoms with E-state index in [9.17, 15) is 17.2 Å². The topological polar surface area (TPSA) is 75.9 Å². The average Bonchev–Trinajstić information content (AvgIpc) is 1.84. The average molecular weight is 174 g/mol. The maximum atomic E-state index is 11.4. The summed E-state index contributed by atoms with van der Waals surface area (Å²) in [6.07, 6.45) is 0. The first-order valence-electron chi connectivity index (χ1n) is 2.50. The van der Waals surface area contributed by atoms with Gasteiger partial charge in [0.2, 0.25) is 0 Å². The molecule has 0 saturated carbocycles.